The lowest BCUT2D eigenvalue weighted by Crippen LogP contribution is -2.35. The molecule has 2 heterocycles. The summed E-state index contributed by atoms with van der Waals surface area (Å²) in [5.74, 6) is 0.968. The lowest BCUT2D eigenvalue weighted by atomic mass is 10.0. The molecule has 4 rings (SSSR count). The van der Waals surface area contributed by atoms with E-state index in [0.29, 0.717) is 18.0 Å². The van der Waals surface area contributed by atoms with Gasteiger partial charge in [-0.25, -0.2) is 4.68 Å². The van der Waals surface area contributed by atoms with Crippen LogP contribution >= 0.6 is 11.6 Å². The summed E-state index contributed by atoms with van der Waals surface area (Å²) >= 11 is 6.06. The highest BCUT2D eigenvalue weighted by Crippen LogP contribution is 2.28. The van der Waals surface area contributed by atoms with E-state index in [-0.39, 0.29) is 17.7 Å². The fourth-order valence-electron chi connectivity index (χ4n) is 3.92. The quantitative estimate of drug-likeness (QED) is 0.620. The summed E-state index contributed by atoms with van der Waals surface area (Å²) in [4.78, 5) is 14.7. The van der Waals surface area contributed by atoms with Gasteiger partial charge in [-0.05, 0) is 36.6 Å². The zero-order valence-electron chi connectivity index (χ0n) is 16.7. The number of phenolic OH excluding ortho intramolecular Hbond substituents is 1. The highest BCUT2D eigenvalue weighted by Gasteiger charge is 2.24. The maximum atomic E-state index is 12.4. The topological polar surface area (TPSA) is 70.4 Å². The fourth-order valence-corrected chi connectivity index (χ4v) is 4.11. The van der Waals surface area contributed by atoms with Crippen LogP contribution in [0.25, 0.3) is 0 Å². The van der Waals surface area contributed by atoms with Crippen molar-refractivity contribution in [3.63, 3.8) is 0 Å². The first-order valence-electron chi connectivity index (χ1n) is 10.2. The molecule has 1 aliphatic rings. The largest absolute Gasteiger partial charge is 0.508 e. The molecule has 0 aliphatic carbocycles. The van der Waals surface area contributed by atoms with Crippen molar-refractivity contribution in [1.29, 1.82) is 0 Å². The van der Waals surface area contributed by atoms with Crippen LogP contribution in [0.1, 0.15) is 30.0 Å². The van der Waals surface area contributed by atoms with Crippen molar-refractivity contribution in [2.75, 3.05) is 18.4 Å². The molecule has 1 saturated heterocycles. The molecule has 3 aromatic rings. The highest BCUT2D eigenvalue weighted by molar-refractivity contribution is 6.30. The molecule has 30 heavy (non-hydrogen) atoms. The molecular formula is C23H25ClN4O2. The first-order chi connectivity index (χ1) is 14.6. The van der Waals surface area contributed by atoms with Crippen molar-refractivity contribution in [3.05, 3.63) is 76.9 Å². The number of amides is 1. The third-order valence-electron chi connectivity index (χ3n) is 5.48. The number of hydrogen-bond acceptors (Lipinski definition) is 4. The second-order valence-corrected chi connectivity index (χ2v) is 8.09. The number of rotatable bonds is 6. The molecular weight excluding hydrogens is 400 g/mol. The van der Waals surface area contributed by atoms with Crippen LogP contribution in [0.3, 0.4) is 0 Å². The number of anilines is 1. The van der Waals surface area contributed by atoms with Crippen LogP contribution in [0.4, 0.5) is 5.82 Å². The summed E-state index contributed by atoms with van der Waals surface area (Å²) in [6.07, 6.45) is 3.91. The van der Waals surface area contributed by atoms with Gasteiger partial charge in [-0.2, -0.15) is 5.10 Å². The Morgan fingerprint density at radius 3 is 2.67 bits per heavy atom. The minimum absolute atomic E-state index is 0.0446. The number of piperidine rings is 1. The van der Waals surface area contributed by atoms with Crippen LogP contribution in [0, 0.1) is 0 Å². The zero-order valence-corrected chi connectivity index (χ0v) is 17.4. The average Bonchev–Trinajstić information content (AvgIpc) is 3.20. The van der Waals surface area contributed by atoms with E-state index in [1.807, 2.05) is 47.1 Å². The van der Waals surface area contributed by atoms with Crippen molar-refractivity contribution in [3.8, 4) is 5.75 Å². The Morgan fingerprint density at radius 1 is 1.13 bits per heavy atom. The molecule has 0 bridgehead atoms. The van der Waals surface area contributed by atoms with Gasteiger partial charge in [0.1, 0.15) is 11.6 Å². The first kappa shape index (κ1) is 20.4. The van der Waals surface area contributed by atoms with E-state index >= 15 is 0 Å². The van der Waals surface area contributed by atoms with E-state index < -0.39 is 0 Å². The molecule has 1 aromatic heterocycles. The van der Waals surface area contributed by atoms with E-state index in [4.69, 9.17) is 11.6 Å². The van der Waals surface area contributed by atoms with Crippen LogP contribution in [-0.2, 0) is 17.8 Å². The predicted molar refractivity (Wildman–Crippen MR) is 118 cm³/mol. The number of nitrogens with zero attached hydrogens (tertiary/aromatic N) is 3. The molecule has 0 atom stereocenters. The van der Waals surface area contributed by atoms with Crippen LogP contribution in [0.2, 0.25) is 5.02 Å². The molecule has 1 amide bonds. The van der Waals surface area contributed by atoms with Gasteiger partial charge >= 0.3 is 0 Å². The SMILES string of the molecule is O=C(Cc1ccccc1)Nc1ccnn1C1CCN(Cc2cc(Cl)ccc2O)CC1. The monoisotopic (exact) mass is 424 g/mol. The normalized spacial score (nSPS) is 15.2. The second kappa shape index (κ2) is 9.32. The minimum atomic E-state index is -0.0446. The van der Waals surface area contributed by atoms with E-state index in [2.05, 4.69) is 15.3 Å². The molecule has 7 heteroatoms. The minimum Gasteiger partial charge on any atom is -0.508 e. The van der Waals surface area contributed by atoms with Crippen molar-refractivity contribution in [1.82, 2.24) is 14.7 Å². The number of likely N-dealkylation sites (tertiary alicyclic amines) is 1. The number of carbonyl (C=O) groups is 1. The van der Waals surface area contributed by atoms with E-state index in [1.54, 1.807) is 18.3 Å². The van der Waals surface area contributed by atoms with Gasteiger partial charge in [-0.3, -0.25) is 9.69 Å². The summed E-state index contributed by atoms with van der Waals surface area (Å²) in [6, 6.07) is 16.9. The Hall–Kier alpha value is -2.83. The number of nitrogens with one attached hydrogen (secondary N) is 1. The van der Waals surface area contributed by atoms with Gasteiger partial charge in [-0.15, -0.1) is 0 Å². The van der Waals surface area contributed by atoms with E-state index in [1.165, 1.54) is 0 Å². The smallest absolute Gasteiger partial charge is 0.229 e. The van der Waals surface area contributed by atoms with E-state index in [0.717, 1.165) is 42.9 Å². The van der Waals surface area contributed by atoms with Gasteiger partial charge in [0.25, 0.3) is 0 Å². The molecule has 0 radical (unpaired) electrons. The summed E-state index contributed by atoms with van der Waals surface area (Å²) in [5, 5.41) is 18.1. The van der Waals surface area contributed by atoms with Gasteiger partial charge < -0.3 is 10.4 Å². The standard InChI is InChI=1S/C23H25ClN4O2/c24-19-6-7-21(29)18(15-19)16-27-12-9-20(10-13-27)28-22(8-11-25-28)26-23(30)14-17-4-2-1-3-5-17/h1-8,11,15,20,29H,9-10,12-14,16H2,(H,26,30). The number of halogens is 1. The zero-order chi connectivity index (χ0) is 20.9. The van der Waals surface area contributed by atoms with Crippen molar-refractivity contribution < 1.29 is 9.90 Å². The summed E-state index contributed by atoms with van der Waals surface area (Å²) < 4.78 is 1.93. The maximum Gasteiger partial charge on any atom is 0.229 e. The molecule has 0 spiro atoms. The summed E-state index contributed by atoms with van der Waals surface area (Å²) in [6.45, 7) is 2.43. The van der Waals surface area contributed by atoms with Crippen LogP contribution in [0.15, 0.2) is 60.8 Å². The lowest BCUT2D eigenvalue weighted by molar-refractivity contribution is -0.115. The van der Waals surface area contributed by atoms with Crippen molar-refractivity contribution in [2.24, 2.45) is 0 Å². The fraction of sp³-hybridized carbons (Fsp3) is 0.304. The second-order valence-electron chi connectivity index (χ2n) is 7.65. The Balaban J connectivity index is 1.34. The van der Waals surface area contributed by atoms with Crippen LogP contribution in [-0.4, -0.2) is 38.8 Å². The van der Waals surface area contributed by atoms with Gasteiger partial charge in [0.2, 0.25) is 5.91 Å². The number of hydrogen-bond donors (Lipinski definition) is 2. The van der Waals surface area contributed by atoms with Gasteiger partial charge in [0.05, 0.1) is 18.7 Å². The Labute approximate surface area is 181 Å². The first-order valence-corrected chi connectivity index (χ1v) is 10.5. The summed E-state index contributed by atoms with van der Waals surface area (Å²) in [5.41, 5.74) is 1.83. The third-order valence-corrected chi connectivity index (χ3v) is 5.72. The number of benzene rings is 2. The molecule has 6 nitrogen and oxygen atoms in total. The number of phenols is 1. The Bertz CT molecular complexity index is 997. The maximum absolute atomic E-state index is 12.4. The Kier molecular flexibility index (Phi) is 6.35. The van der Waals surface area contributed by atoms with Gasteiger partial charge in [0, 0.05) is 36.3 Å². The van der Waals surface area contributed by atoms with Crippen molar-refractivity contribution >= 4 is 23.3 Å². The number of aromatic hydroxyl groups is 1. The van der Waals surface area contributed by atoms with Crippen LogP contribution in [0.5, 0.6) is 5.75 Å². The lowest BCUT2D eigenvalue weighted by Gasteiger charge is -2.32. The number of carbonyl (C=O) groups excluding carboxylic acids is 1. The molecule has 1 fully saturated rings. The molecule has 0 saturated carbocycles. The number of aromatic nitrogens is 2. The van der Waals surface area contributed by atoms with Crippen molar-refractivity contribution in [2.45, 2.75) is 31.8 Å². The molecule has 0 unspecified atom stereocenters. The summed E-state index contributed by atoms with van der Waals surface area (Å²) in [7, 11) is 0. The van der Waals surface area contributed by atoms with Gasteiger partial charge in [-0.1, -0.05) is 41.9 Å². The van der Waals surface area contributed by atoms with E-state index in [9.17, 15) is 9.90 Å². The average molecular weight is 425 g/mol. The molecule has 156 valence electrons. The third kappa shape index (κ3) is 5.01. The van der Waals surface area contributed by atoms with Gasteiger partial charge in [0.15, 0.2) is 0 Å². The molecule has 2 N–H and O–H groups in total. The molecule has 2 aromatic carbocycles. The molecule has 1 aliphatic heterocycles. The Morgan fingerprint density at radius 2 is 1.90 bits per heavy atom. The predicted octanol–water partition coefficient (Wildman–Crippen LogP) is 4.26. The van der Waals surface area contributed by atoms with Crippen LogP contribution < -0.4 is 5.32 Å². The highest BCUT2D eigenvalue weighted by atomic mass is 35.5.